The monoisotopic (exact) mass is 466 g/mol. The van der Waals surface area contributed by atoms with Crippen molar-refractivity contribution in [1.82, 2.24) is 14.3 Å². The highest BCUT2D eigenvalue weighted by molar-refractivity contribution is 7.90. The second-order valence-electron chi connectivity index (χ2n) is 7.91. The second-order valence-corrected chi connectivity index (χ2v) is 10.1. The summed E-state index contributed by atoms with van der Waals surface area (Å²) < 4.78 is 71.0. The summed E-state index contributed by atoms with van der Waals surface area (Å²) in [5.74, 6) is -2.99. The van der Waals surface area contributed by atoms with E-state index in [9.17, 15) is 22.0 Å². The largest absolute Gasteiger partial charge is 0.362 e. The normalized spacial score (nSPS) is 16.8. The number of hydrogen-bond acceptors (Lipinski definition) is 5. The lowest BCUT2D eigenvalue weighted by Gasteiger charge is -2.28. The van der Waals surface area contributed by atoms with E-state index in [-0.39, 0.29) is 22.3 Å². The van der Waals surface area contributed by atoms with Crippen LogP contribution in [0.1, 0.15) is 48.7 Å². The maximum absolute atomic E-state index is 15.6. The van der Waals surface area contributed by atoms with E-state index >= 15 is 4.39 Å². The minimum atomic E-state index is -3.93. The molecule has 3 heterocycles. The number of nitrogens with zero attached hydrogens (tertiary/aromatic N) is 3. The molecule has 1 aromatic carbocycles. The highest BCUT2D eigenvalue weighted by Crippen LogP contribution is 2.39. The number of hydrogen-bond donors (Lipinski definition) is 1. The van der Waals surface area contributed by atoms with Gasteiger partial charge in [0.05, 0.1) is 28.7 Å². The van der Waals surface area contributed by atoms with Gasteiger partial charge in [-0.1, -0.05) is 0 Å². The number of benzene rings is 1. The van der Waals surface area contributed by atoms with Crippen molar-refractivity contribution in [1.29, 1.82) is 0 Å². The summed E-state index contributed by atoms with van der Waals surface area (Å²) in [4.78, 5) is 14.2. The van der Waals surface area contributed by atoms with Crippen molar-refractivity contribution in [3.05, 3.63) is 65.2 Å². The summed E-state index contributed by atoms with van der Waals surface area (Å²) in [6, 6.07) is 4.01. The van der Waals surface area contributed by atoms with E-state index in [0.29, 0.717) is 19.4 Å². The molecule has 1 aliphatic rings. The van der Waals surface area contributed by atoms with E-state index in [2.05, 4.69) is 5.10 Å². The Kier molecular flexibility index (Phi) is 5.61. The second kappa shape index (κ2) is 8.12. The van der Waals surface area contributed by atoms with Crippen LogP contribution >= 0.6 is 0 Å². The fraction of sp³-hybridized carbons (Fsp3) is 0.333. The molecule has 0 spiro atoms. The number of amides is 1. The Morgan fingerprint density at radius 2 is 1.97 bits per heavy atom. The first-order chi connectivity index (χ1) is 15.1. The Bertz CT molecular complexity index is 1310. The highest BCUT2D eigenvalue weighted by atomic mass is 32.2. The van der Waals surface area contributed by atoms with Crippen LogP contribution in [0.4, 0.5) is 18.9 Å². The van der Waals surface area contributed by atoms with Gasteiger partial charge >= 0.3 is 0 Å². The molecule has 4 rings (SSSR count). The van der Waals surface area contributed by atoms with Crippen molar-refractivity contribution in [2.75, 3.05) is 11.4 Å². The van der Waals surface area contributed by atoms with E-state index in [0.717, 1.165) is 28.9 Å². The molecule has 7 nitrogen and oxygen atoms in total. The first kappa shape index (κ1) is 22.1. The minimum Gasteiger partial charge on any atom is -0.362 e. The molecule has 0 radical (unpaired) electrons. The molecule has 1 saturated heterocycles. The van der Waals surface area contributed by atoms with Crippen molar-refractivity contribution in [3.8, 4) is 0 Å². The number of rotatable bonds is 5. The molecule has 1 unspecified atom stereocenters. The van der Waals surface area contributed by atoms with Crippen molar-refractivity contribution in [2.45, 2.75) is 38.0 Å². The Morgan fingerprint density at radius 1 is 1.22 bits per heavy atom. The van der Waals surface area contributed by atoms with Gasteiger partial charge in [-0.25, -0.2) is 30.8 Å². The molecule has 0 bridgehead atoms. The van der Waals surface area contributed by atoms with Gasteiger partial charge in [-0.2, -0.15) is 5.10 Å². The molecule has 1 aliphatic heterocycles. The molecule has 170 valence electrons. The van der Waals surface area contributed by atoms with Gasteiger partial charge in [-0.15, -0.1) is 0 Å². The third-order valence-corrected chi connectivity index (χ3v) is 7.29. The lowest BCUT2D eigenvalue weighted by atomic mass is 10.0. The smallest absolute Gasteiger partial charge is 0.268 e. The highest BCUT2D eigenvalue weighted by Gasteiger charge is 2.32. The molecule has 0 saturated carbocycles. The molecule has 1 atom stereocenters. The van der Waals surface area contributed by atoms with Crippen LogP contribution in [0.5, 0.6) is 0 Å². The SMILES string of the molecule is CC(C)S(=O)(=O)NC(=O)c1cnn2ccc(N3CCCC3c3cc(F)ccc3F)c(F)c12. The van der Waals surface area contributed by atoms with Crippen molar-refractivity contribution < 1.29 is 26.4 Å². The molecule has 32 heavy (non-hydrogen) atoms. The molecule has 1 fully saturated rings. The van der Waals surface area contributed by atoms with Crippen LogP contribution in [0.2, 0.25) is 0 Å². The van der Waals surface area contributed by atoms with Gasteiger partial charge in [-0.3, -0.25) is 4.79 Å². The number of nitrogens with one attached hydrogen (secondary N) is 1. The van der Waals surface area contributed by atoms with E-state index < -0.39 is 44.7 Å². The summed E-state index contributed by atoms with van der Waals surface area (Å²) in [7, 11) is -3.93. The van der Waals surface area contributed by atoms with Crippen LogP contribution in [0.25, 0.3) is 5.52 Å². The van der Waals surface area contributed by atoms with Crippen LogP contribution in [0.3, 0.4) is 0 Å². The number of anilines is 1. The molecule has 11 heteroatoms. The van der Waals surface area contributed by atoms with Crippen molar-refractivity contribution >= 4 is 27.1 Å². The van der Waals surface area contributed by atoms with Gasteiger partial charge < -0.3 is 4.90 Å². The Labute approximate surface area is 182 Å². The van der Waals surface area contributed by atoms with E-state index in [4.69, 9.17) is 0 Å². The zero-order chi connectivity index (χ0) is 23.2. The number of carbonyl (C=O) groups is 1. The molecule has 0 aliphatic carbocycles. The Balaban J connectivity index is 1.76. The zero-order valence-electron chi connectivity index (χ0n) is 17.3. The van der Waals surface area contributed by atoms with Crippen LogP contribution in [0, 0.1) is 17.5 Å². The number of fused-ring (bicyclic) bond motifs is 1. The van der Waals surface area contributed by atoms with Crippen LogP contribution < -0.4 is 9.62 Å². The fourth-order valence-corrected chi connectivity index (χ4v) is 4.47. The maximum atomic E-state index is 15.6. The molecule has 1 amide bonds. The minimum absolute atomic E-state index is 0.0879. The molecule has 3 aromatic rings. The van der Waals surface area contributed by atoms with Gasteiger partial charge in [0.15, 0.2) is 5.82 Å². The maximum Gasteiger partial charge on any atom is 0.268 e. The lowest BCUT2D eigenvalue weighted by Crippen LogP contribution is -2.35. The van der Waals surface area contributed by atoms with Gasteiger partial charge in [0.2, 0.25) is 10.0 Å². The van der Waals surface area contributed by atoms with E-state index in [1.807, 2.05) is 4.72 Å². The average molecular weight is 466 g/mol. The zero-order valence-corrected chi connectivity index (χ0v) is 18.2. The molecule has 2 aromatic heterocycles. The first-order valence-electron chi connectivity index (χ1n) is 10.0. The van der Waals surface area contributed by atoms with Gasteiger partial charge in [0.25, 0.3) is 5.91 Å². The fourth-order valence-electron chi connectivity index (χ4n) is 3.87. The summed E-state index contributed by atoms with van der Waals surface area (Å²) >= 11 is 0. The predicted octanol–water partition coefficient (Wildman–Crippen LogP) is 3.56. The number of pyridine rings is 1. The number of sulfonamides is 1. The molecule has 1 N–H and O–H groups in total. The number of aromatic nitrogens is 2. The van der Waals surface area contributed by atoms with E-state index in [1.165, 1.54) is 26.1 Å². The van der Waals surface area contributed by atoms with Crippen molar-refractivity contribution in [3.63, 3.8) is 0 Å². The van der Waals surface area contributed by atoms with Crippen LogP contribution in [-0.2, 0) is 10.0 Å². The summed E-state index contributed by atoms with van der Waals surface area (Å²) in [6.45, 7) is 3.21. The number of carbonyl (C=O) groups excluding carboxylic acids is 1. The van der Waals surface area contributed by atoms with Crippen LogP contribution in [0.15, 0.2) is 36.7 Å². The van der Waals surface area contributed by atoms with E-state index in [1.54, 1.807) is 4.90 Å². The summed E-state index contributed by atoms with van der Waals surface area (Å²) in [5.41, 5.74) is -0.244. The molecular weight excluding hydrogens is 445 g/mol. The molecular formula is C21H21F3N4O3S. The number of halogens is 3. The Hall–Kier alpha value is -3.08. The third kappa shape index (κ3) is 3.81. The van der Waals surface area contributed by atoms with Gasteiger partial charge in [0, 0.05) is 18.3 Å². The van der Waals surface area contributed by atoms with Gasteiger partial charge in [0.1, 0.15) is 17.2 Å². The predicted molar refractivity (Wildman–Crippen MR) is 112 cm³/mol. The Morgan fingerprint density at radius 3 is 2.69 bits per heavy atom. The van der Waals surface area contributed by atoms with Gasteiger partial charge in [-0.05, 0) is 51.0 Å². The quantitative estimate of drug-likeness (QED) is 0.622. The lowest BCUT2D eigenvalue weighted by molar-refractivity contribution is 0.0982. The topological polar surface area (TPSA) is 83.8 Å². The summed E-state index contributed by atoms with van der Waals surface area (Å²) in [6.07, 6.45) is 3.63. The van der Waals surface area contributed by atoms with Crippen molar-refractivity contribution in [2.24, 2.45) is 0 Å². The first-order valence-corrected chi connectivity index (χ1v) is 11.6. The van der Waals surface area contributed by atoms with Crippen LogP contribution in [-0.4, -0.2) is 35.7 Å². The summed E-state index contributed by atoms with van der Waals surface area (Å²) in [5, 5.41) is 3.08. The standard InChI is InChI=1S/C21H21F3N4O3S/c1-12(2)32(30,31)26-21(29)15-11-25-28-9-7-18(19(24)20(15)28)27-8-3-4-17(27)14-10-13(22)5-6-16(14)23/h5-7,9-12,17H,3-4,8H2,1-2H3,(H,26,29). The third-order valence-electron chi connectivity index (χ3n) is 5.58. The average Bonchev–Trinajstić information content (AvgIpc) is 3.37.